The van der Waals surface area contributed by atoms with Crippen molar-refractivity contribution < 1.29 is 22.5 Å². The fourth-order valence-electron chi connectivity index (χ4n) is 1.67. The molecule has 0 spiro atoms. The summed E-state index contributed by atoms with van der Waals surface area (Å²) in [7, 11) is 0. The maximum Gasteiger partial charge on any atom is 0.304 e. The van der Waals surface area contributed by atoms with Gasteiger partial charge in [0.25, 0.3) is 0 Å². The number of anilines is 1. The van der Waals surface area contributed by atoms with Crippen molar-refractivity contribution in [1.29, 1.82) is 0 Å². The Labute approximate surface area is 116 Å². The minimum Gasteiger partial charge on any atom is -0.381 e. The van der Waals surface area contributed by atoms with E-state index in [4.69, 9.17) is 0 Å². The van der Waals surface area contributed by atoms with Crippen LogP contribution >= 0.6 is 0 Å². The van der Waals surface area contributed by atoms with Crippen LogP contribution in [0.15, 0.2) is 30.3 Å². The molecule has 1 N–H and O–H groups in total. The second-order valence-corrected chi connectivity index (χ2v) is 4.15. The van der Waals surface area contributed by atoms with Crippen molar-refractivity contribution in [3.8, 4) is 0 Å². The molecule has 110 valence electrons. The van der Waals surface area contributed by atoms with Gasteiger partial charge in [0, 0.05) is 30.4 Å². The van der Waals surface area contributed by atoms with Gasteiger partial charge in [-0.1, -0.05) is 6.07 Å². The standard InChI is InChI=1S/C13H8F4N2O2/c14-9-3-7(1-2-12(9)19(20)21)6-18-8-4-10(15)13(17)11(16)5-8/h1-5,18H,6H2. The number of halogens is 4. The fraction of sp³-hybridized carbons (Fsp3) is 0.0769. The van der Waals surface area contributed by atoms with E-state index >= 15 is 0 Å². The van der Waals surface area contributed by atoms with Crippen LogP contribution in [0.2, 0.25) is 0 Å². The summed E-state index contributed by atoms with van der Waals surface area (Å²) in [5.74, 6) is -5.31. The monoisotopic (exact) mass is 300 g/mol. The van der Waals surface area contributed by atoms with Crippen LogP contribution in [-0.4, -0.2) is 4.92 Å². The van der Waals surface area contributed by atoms with E-state index in [1.54, 1.807) is 0 Å². The number of nitro benzene ring substituents is 1. The quantitative estimate of drug-likeness (QED) is 0.405. The third-order valence-corrected chi connectivity index (χ3v) is 2.69. The lowest BCUT2D eigenvalue weighted by Crippen LogP contribution is -2.03. The highest BCUT2D eigenvalue weighted by Crippen LogP contribution is 2.20. The van der Waals surface area contributed by atoms with Crippen molar-refractivity contribution in [1.82, 2.24) is 0 Å². The molecule has 0 aromatic heterocycles. The van der Waals surface area contributed by atoms with Crippen molar-refractivity contribution in [2.24, 2.45) is 0 Å². The van der Waals surface area contributed by atoms with E-state index in [0.717, 1.165) is 24.3 Å². The predicted molar refractivity (Wildman–Crippen MR) is 66.7 cm³/mol. The second-order valence-electron chi connectivity index (χ2n) is 4.15. The van der Waals surface area contributed by atoms with Crippen molar-refractivity contribution in [2.75, 3.05) is 5.32 Å². The summed E-state index contributed by atoms with van der Waals surface area (Å²) in [6.07, 6.45) is 0. The first-order valence-corrected chi connectivity index (χ1v) is 5.69. The summed E-state index contributed by atoms with van der Waals surface area (Å²) in [4.78, 5) is 9.59. The van der Waals surface area contributed by atoms with Gasteiger partial charge in [0.05, 0.1) is 4.92 Å². The lowest BCUT2D eigenvalue weighted by molar-refractivity contribution is -0.387. The zero-order valence-electron chi connectivity index (χ0n) is 10.4. The Morgan fingerprint density at radius 2 is 1.62 bits per heavy atom. The molecule has 0 aliphatic heterocycles. The molecule has 0 aliphatic carbocycles. The summed E-state index contributed by atoms with van der Waals surface area (Å²) in [6.45, 7) is -0.0422. The first kappa shape index (κ1) is 14.8. The first-order chi connectivity index (χ1) is 9.88. The first-order valence-electron chi connectivity index (χ1n) is 5.69. The second kappa shape index (κ2) is 5.78. The molecule has 2 aromatic carbocycles. The molecule has 0 unspecified atom stereocenters. The highest BCUT2D eigenvalue weighted by Gasteiger charge is 2.14. The average molecular weight is 300 g/mol. The molecule has 0 saturated carbocycles. The molecule has 2 aromatic rings. The van der Waals surface area contributed by atoms with Gasteiger partial charge in [-0.15, -0.1) is 0 Å². The van der Waals surface area contributed by atoms with Crippen LogP contribution in [0.3, 0.4) is 0 Å². The van der Waals surface area contributed by atoms with Crippen molar-refractivity contribution >= 4 is 11.4 Å². The number of nitro groups is 1. The molecule has 0 amide bonds. The minimum absolute atomic E-state index is 0.0369. The zero-order chi connectivity index (χ0) is 15.6. The van der Waals surface area contributed by atoms with Gasteiger partial charge < -0.3 is 5.32 Å². The molecule has 8 heteroatoms. The number of hydrogen-bond acceptors (Lipinski definition) is 3. The molecular formula is C13H8F4N2O2. The van der Waals surface area contributed by atoms with E-state index < -0.39 is 33.9 Å². The Morgan fingerprint density at radius 1 is 1.00 bits per heavy atom. The lowest BCUT2D eigenvalue weighted by Gasteiger charge is -2.08. The zero-order valence-corrected chi connectivity index (χ0v) is 10.4. The number of nitrogens with one attached hydrogen (secondary N) is 1. The molecule has 4 nitrogen and oxygen atoms in total. The van der Waals surface area contributed by atoms with Crippen LogP contribution in [-0.2, 0) is 6.54 Å². The molecular weight excluding hydrogens is 292 g/mol. The Bertz CT molecular complexity index is 684. The van der Waals surface area contributed by atoms with E-state index in [9.17, 15) is 27.7 Å². The van der Waals surface area contributed by atoms with Crippen molar-refractivity contribution in [3.63, 3.8) is 0 Å². The number of nitrogens with zero attached hydrogens (tertiary/aromatic N) is 1. The van der Waals surface area contributed by atoms with E-state index in [1.807, 2.05) is 0 Å². The molecule has 21 heavy (non-hydrogen) atoms. The summed E-state index contributed by atoms with van der Waals surface area (Å²) < 4.78 is 52.1. The van der Waals surface area contributed by atoms with Gasteiger partial charge in [0.2, 0.25) is 5.82 Å². The summed E-state index contributed by atoms with van der Waals surface area (Å²) >= 11 is 0. The highest BCUT2D eigenvalue weighted by molar-refractivity contribution is 5.45. The highest BCUT2D eigenvalue weighted by atomic mass is 19.2. The van der Waals surface area contributed by atoms with E-state index in [0.29, 0.717) is 5.56 Å². The molecule has 0 saturated heterocycles. The Morgan fingerprint density at radius 3 is 2.14 bits per heavy atom. The SMILES string of the molecule is O=[N+]([O-])c1ccc(CNc2cc(F)c(F)c(F)c2)cc1F. The third-order valence-electron chi connectivity index (χ3n) is 2.69. The van der Waals surface area contributed by atoms with Gasteiger partial charge >= 0.3 is 5.69 Å². The molecule has 0 atom stereocenters. The molecule has 0 fully saturated rings. The Kier molecular flexibility index (Phi) is 4.06. The topological polar surface area (TPSA) is 55.2 Å². The van der Waals surface area contributed by atoms with Crippen molar-refractivity contribution in [2.45, 2.75) is 6.54 Å². The molecule has 0 radical (unpaired) electrons. The van der Waals surface area contributed by atoms with E-state index in [2.05, 4.69) is 5.32 Å². The van der Waals surface area contributed by atoms with Gasteiger partial charge in [0.1, 0.15) is 0 Å². The number of rotatable bonds is 4. The van der Waals surface area contributed by atoms with Crippen LogP contribution in [0.25, 0.3) is 0 Å². The van der Waals surface area contributed by atoms with Gasteiger partial charge in [0.15, 0.2) is 17.5 Å². The third kappa shape index (κ3) is 3.28. The maximum atomic E-state index is 13.4. The number of benzene rings is 2. The van der Waals surface area contributed by atoms with Crippen LogP contribution in [0.1, 0.15) is 5.56 Å². The fourth-order valence-corrected chi connectivity index (χ4v) is 1.67. The summed E-state index contributed by atoms with van der Waals surface area (Å²) in [6, 6.07) is 4.71. The van der Waals surface area contributed by atoms with Crippen LogP contribution < -0.4 is 5.32 Å². The van der Waals surface area contributed by atoms with Gasteiger partial charge in [-0.2, -0.15) is 4.39 Å². The summed E-state index contributed by atoms with van der Waals surface area (Å²) in [5, 5.41) is 13.0. The average Bonchev–Trinajstić information content (AvgIpc) is 2.42. The largest absolute Gasteiger partial charge is 0.381 e. The van der Waals surface area contributed by atoms with E-state index in [1.165, 1.54) is 6.07 Å². The lowest BCUT2D eigenvalue weighted by atomic mass is 10.2. The van der Waals surface area contributed by atoms with Crippen LogP contribution in [0.4, 0.5) is 28.9 Å². The molecule has 0 bridgehead atoms. The normalized spacial score (nSPS) is 10.5. The predicted octanol–water partition coefficient (Wildman–Crippen LogP) is 3.76. The van der Waals surface area contributed by atoms with E-state index in [-0.39, 0.29) is 12.2 Å². The van der Waals surface area contributed by atoms with Crippen molar-refractivity contribution in [3.05, 3.63) is 69.3 Å². The van der Waals surface area contributed by atoms with Gasteiger partial charge in [-0.3, -0.25) is 10.1 Å². The summed E-state index contributed by atoms with van der Waals surface area (Å²) in [5.41, 5.74) is -0.383. The van der Waals surface area contributed by atoms with Crippen LogP contribution in [0.5, 0.6) is 0 Å². The molecule has 0 aliphatic rings. The Balaban J connectivity index is 2.13. The molecule has 0 heterocycles. The van der Waals surface area contributed by atoms with Gasteiger partial charge in [-0.25, -0.2) is 13.2 Å². The molecule has 2 rings (SSSR count). The maximum absolute atomic E-state index is 13.4. The minimum atomic E-state index is -1.58. The van der Waals surface area contributed by atoms with Crippen LogP contribution in [0, 0.1) is 33.4 Å². The Hall–Kier alpha value is -2.64. The smallest absolute Gasteiger partial charge is 0.304 e. The number of hydrogen-bond donors (Lipinski definition) is 1. The van der Waals surface area contributed by atoms with Gasteiger partial charge in [-0.05, 0) is 11.6 Å².